The van der Waals surface area contributed by atoms with E-state index in [-0.39, 0.29) is 0 Å². The average Bonchev–Trinajstić information content (AvgIpc) is 0.668. The molecule has 0 aromatic carbocycles. The van der Waals surface area contributed by atoms with Crippen LogP contribution in [-0.4, -0.2) is 137 Å². The summed E-state index contributed by atoms with van der Waals surface area (Å²) in [6, 6.07) is 0. The molecule has 0 spiro atoms. The molecule has 554 valence electrons. The molecule has 0 saturated carbocycles. The number of nitrogens with one attached hydrogen (secondary N) is 8. The maximum absolute atomic E-state index is 19.4. The molecule has 8 aliphatic rings. The van der Waals surface area contributed by atoms with Gasteiger partial charge in [0.05, 0.1) is 11.8 Å². The minimum absolute atomic E-state index is 0.353. The molecule has 16 nitrogen and oxygen atoms in total. The van der Waals surface area contributed by atoms with Crippen molar-refractivity contribution >= 4 is 23.9 Å². The van der Waals surface area contributed by atoms with E-state index in [9.17, 15) is 0 Å². The van der Waals surface area contributed by atoms with Crippen LogP contribution in [0.4, 0.5) is 0 Å². The molecule has 96 heavy (non-hydrogen) atoms. The van der Waals surface area contributed by atoms with Gasteiger partial charge in [0.15, 0.2) is 0 Å². The summed E-state index contributed by atoms with van der Waals surface area (Å²) in [5, 5.41) is 31.8. The molecule has 8 heterocycles. The molecule has 8 N–H and O–H groups in total. The number of carbonyl (C=O) groups is 4. The van der Waals surface area contributed by atoms with Crippen molar-refractivity contribution in [2.75, 3.05) is 0 Å². The first-order chi connectivity index (χ1) is 42.7. The fourth-order valence-electron chi connectivity index (χ4n) is 24.9. The van der Waals surface area contributed by atoms with Gasteiger partial charge in [-0.25, -0.2) is 0 Å². The lowest BCUT2D eigenvalue weighted by Gasteiger charge is -2.67. The Morgan fingerprint density at radius 1 is 0.240 bits per heavy atom. The molecular weight excluding hydrogens is 1200 g/mol. The summed E-state index contributed by atoms with van der Waals surface area (Å²) >= 11 is 0. The third-order valence-corrected chi connectivity index (χ3v) is 23.6. The first kappa shape index (κ1) is 79.3. The van der Waals surface area contributed by atoms with Crippen LogP contribution < -0.4 is 42.5 Å². The summed E-state index contributed by atoms with van der Waals surface area (Å²) < 4.78 is 31.2. The molecule has 8 saturated heterocycles. The lowest BCUT2D eigenvalue weighted by molar-refractivity contribution is -0.250. The first-order valence-corrected chi connectivity index (χ1v) is 37.9. The van der Waals surface area contributed by atoms with Gasteiger partial charge in [-0.2, -0.15) is 0 Å². The molecule has 4 atom stereocenters. The number of piperidine rings is 8. The Morgan fingerprint density at radius 3 is 0.562 bits per heavy atom. The minimum atomic E-state index is -2.23. The van der Waals surface area contributed by atoms with E-state index in [2.05, 4.69) is 264 Å². The number of carbonyl (C=O) groups excluding carboxylic acids is 4. The number of hydrogen-bond acceptors (Lipinski definition) is 16. The van der Waals surface area contributed by atoms with Crippen molar-refractivity contribution in [2.45, 2.75) is 437 Å². The summed E-state index contributed by atoms with van der Waals surface area (Å²) in [7, 11) is 0. The molecule has 4 unspecified atom stereocenters. The van der Waals surface area contributed by atoms with Gasteiger partial charge in [0.2, 0.25) is 0 Å². The van der Waals surface area contributed by atoms with Crippen molar-refractivity contribution in [1.29, 1.82) is 0 Å². The summed E-state index contributed by atoms with van der Waals surface area (Å²) in [5.41, 5.74) is -13.4. The Kier molecular flexibility index (Phi) is 20.8. The number of ether oxygens (including phenoxy) is 4. The van der Waals surface area contributed by atoms with E-state index >= 15 is 19.2 Å². The van der Waals surface area contributed by atoms with Crippen LogP contribution >= 0.6 is 0 Å². The van der Waals surface area contributed by atoms with Crippen LogP contribution in [0.25, 0.3) is 0 Å². The van der Waals surface area contributed by atoms with E-state index in [0.717, 1.165) is 0 Å². The third-order valence-electron chi connectivity index (χ3n) is 23.6. The highest BCUT2D eigenvalue weighted by molar-refractivity contribution is 5.97. The third kappa shape index (κ3) is 18.3. The van der Waals surface area contributed by atoms with Gasteiger partial charge in [-0.05, 0) is 297 Å². The quantitative estimate of drug-likeness (QED) is 0.0568. The lowest BCUT2D eigenvalue weighted by Crippen LogP contribution is -2.77. The molecule has 0 amide bonds. The van der Waals surface area contributed by atoms with Crippen LogP contribution in [0.1, 0.15) is 324 Å². The van der Waals surface area contributed by atoms with Crippen LogP contribution in [0.5, 0.6) is 0 Å². The summed E-state index contributed by atoms with van der Waals surface area (Å²) in [6.45, 7) is 70.4. The topological polar surface area (TPSA) is 201 Å². The maximum atomic E-state index is 19.4. The zero-order valence-corrected chi connectivity index (χ0v) is 67.4. The van der Waals surface area contributed by atoms with Gasteiger partial charge >= 0.3 is 23.9 Å². The number of esters is 4. The maximum Gasteiger partial charge on any atom is 0.314 e. The number of rotatable bonds is 15. The van der Waals surface area contributed by atoms with E-state index in [0.29, 0.717) is 103 Å². The average molecular weight is 1350 g/mol. The van der Waals surface area contributed by atoms with Gasteiger partial charge < -0.3 is 61.5 Å². The van der Waals surface area contributed by atoms with Gasteiger partial charge in [0, 0.05) is 140 Å². The standard InChI is InChI=1S/C80H146N8O8/c1-63(2)33-49(34-64(3,4)81-63)57(59(89)93-53-41-71(17,18)85-72(19,20)42-53)79(51-37-67(9,10)83-68(11,12)38-51,61(91)95-55-45-75(25,26)87-76(27,28)46-55)80(52-39-69(13,14)84-70(15,16)40-52,62(92)96-56-47-77(29,30)88-78(31,32)48-56)58(50-35-65(5,6)82-66(7,8)36-50)60(90)94-54-43-73(21,22)86-74(23,24)44-54/h49-58,81-88H,33-48H2,1-32H3. The molecule has 0 aromatic heterocycles. The smallest absolute Gasteiger partial charge is 0.314 e. The Labute approximate surface area is 585 Å². The molecule has 0 aromatic rings. The van der Waals surface area contributed by atoms with E-state index in [1.54, 1.807) is 0 Å². The molecular formula is C80H146N8O8. The van der Waals surface area contributed by atoms with E-state index in [4.69, 9.17) is 18.9 Å². The summed E-state index contributed by atoms with van der Waals surface area (Å²) in [5.74, 6) is -7.81. The SMILES string of the molecule is CC1(C)CC(OC(=O)C(C2CC(C)(C)NC(C)(C)C2)C(C(=O)OC2CC(C)(C)NC(C)(C)C2)(C2CC(C)(C)NC(C)(C)C2)C(C(=O)OC2CC(C)(C)NC(C)(C)C2)(C2CC(C)(C)NC(C)(C)C2)C(C(=O)OC2CC(C)(C)NC(C)(C)C2)C2CC(C)(C)NC(C)(C)C2)CC(C)(C)N1. The van der Waals surface area contributed by atoms with Crippen molar-refractivity contribution in [1.82, 2.24) is 42.5 Å². The molecule has 0 bridgehead atoms. The van der Waals surface area contributed by atoms with E-state index in [1.807, 2.05) is 0 Å². The van der Waals surface area contributed by atoms with Crippen molar-refractivity contribution in [3.63, 3.8) is 0 Å². The van der Waals surface area contributed by atoms with Gasteiger partial charge in [-0.3, -0.25) is 19.2 Å². The Bertz CT molecular complexity index is 2560. The van der Waals surface area contributed by atoms with Crippen LogP contribution in [-0.2, 0) is 38.1 Å². The Morgan fingerprint density at radius 2 is 0.385 bits per heavy atom. The predicted molar refractivity (Wildman–Crippen MR) is 390 cm³/mol. The van der Waals surface area contributed by atoms with Crippen LogP contribution in [0.15, 0.2) is 0 Å². The molecule has 8 aliphatic heterocycles. The van der Waals surface area contributed by atoms with Gasteiger partial charge in [0.25, 0.3) is 0 Å². The van der Waals surface area contributed by atoms with Gasteiger partial charge in [-0.1, -0.05) is 0 Å². The normalized spacial score (nSPS) is 31.8. The van der Waals surface area contributed by atoms with Crippen LogP contribution in [0, 0.1) is 46.3 Å². The van der Waals surface area contributed by atoms with Crippen molar-refractivity contribution in [2.24, 2.45) is 46.3 Å². The highest BCUT2D eigenvalue weighted by Crippen LogP contribution is 2.71. The second-order valence-corrected chi connectivity index (χ2v) is 44.2. The van der Waals surface area contributed by atoms with Crippen molar-refractivity contribution < 1.29 is 38.1 Å². The van der Waals surface area contributed by atoms with Gasteiger partial charge in [-0.15, -0.1) is 0 Å². The van der Waals surface area contributed by atoms with E-state index in [1.165, 1.54) is 0 Å². The Hall–Kier alpha value is -2.44. The summed E-state index contributed by atoms with van der Waals surface area (Å²) in [6.07, 6.45) is 4.67. The lowest BCUT2D eigenvalue weighted by atomic mass is 9.37. The fourth-order valence-corrected chi connectivity index (χ4v) is 24.9. The van der Waals surface area contributed by atoms with Gasteiger partial charge in [0.1, 0.15) is 35.2 Å². The molecule has 0 aliphatic carbocycles. The predicted octanol–water partition coefficient (Wildman–Crippen LogP) is 13.8. The highest BCUT2D eigenvalue weighted by Gasteiger charge is 2.81. The van der Waals surface area contributed by atoms with Crippen LogP contribution in [0.2, 0.25) is 0 Å². The zero-order chi connectivity index (χ0) is 72.9. The fraction of sp³-hybridized carbons (Fsp3) is 0.950. The second-order valence-electron chi connectivity index (χ2n) is 44.2. The van der Waals surface area contributed by atoms with E-state index < -0.39 is 183 Å². The summed E-state index contributed by atoms with van der Waals surface area (Å²) in [4.78, 5) is 75.6. The monoisotopic (exact) mass is 1350 g/mol. The Balaban J connectivity index is 1.70. The molecule has 16 heteroatoms. The molecule has 8 fully saturated rings. The largest absolute Gasteiger partial charge is 0.462 e. The highest BCUT2D eigenvalue weighted by atomic mass is 16.6. The molecule has 0 radical (unpaired) electrons. The van der Waals surface area contributed by atoms with Crippen molar-refractivity contribution in [3.05, 3.63) is 0 Å². The molecule has 8 rings (SSSR count). The minimum Gasteiger partial charge on any atom is -0.462 e. The second kappa shape index (κ2) is 25.2. The van der Waals surface area contributed by atoms with Crippen LogP contribution in [0.3, 0.4) is 0 Å². The first-order valence-electron chi connectivity index (χ1n) is 37.9. The number of hydrogen-bond donors (Lipinski definition) is 8. The zero-order valence-electron chi connectivity index (χ0n) is 67.4. The van der Waals surface area contributed by atoms with Crippen molar-refractivity contribution in [3.8, 4) is 0 Å².